The smallest absolute Gasteiger partial charge is 0.282 e. The minimum Gasteiger partial charge on any atom is -0.493 e. The fourth-order valence-corrected chi connectivity index (χ4v) is 3.17. The number of methoxy groups -OCH3 is 1. The second kappa shape index (κ2) is 7.85. The molecular formula is C22H18ClN3O3. The molecule has 0 fully saturated rings. The average molecular weight is 408 g/mol. The second-order valence-electron chi connectivity index (χ2n) is 6.31. The summed E-state index contributed by atoms with van der Waals surface area (Å²) in [6.07, 6.45) is 4.96. The Morgan fingerprint density at radius 1 is 1.10 bits per heavy atom. The van der Waals surface area contributed by atoms with E-state index in [9.17, 15) is 4.79 Å². The number of ether oxygens (including phenoxy) is 2. The van der Waals surface area contributed by atoms with E-state index in [-0.39, 0.29) is 5.56 Å². The molecule has 0 bridgehead atoms. The van der Waals surface area contributed by atoms with Gasteiger partial charge in [-0.05, 0) is 35.9 Å². The standard InChI is InChI=1S/C22H18ClN3O3/c1-3-10-29-20-9-8-18(12-21(20)28-2)25-14-24-26-13-16(11-19(26)22(25)27)15-4-6-17(23)7-5-15/h3-9,11-14H,1,10H2,2H3. The first-order valence-corrected chi connectivity index (χ1v) is 9.26. The van der Waals surface area contributed by atoms with Gasteiger partial charge in [-0.2, -0.15) is 5.10 Å². The molecule has 2 aromatic heterocycles. The maximum Gasteiger partial charge on any atom is 0.282 e. The van der Waals surface area contributed by atoms with Crippen LogP contribution in [0.5, 0.6) is 11.5 Å². The summed E-state index contributed by atoms with van der Waals surface area (Å²) in [5.41, 5.74) is 2.73. The van der Waals surface area contributed by atoms with Crippen LogP contribution in [0, 0.1) is 0 Å². The fourth-order valence-electron chi connectivity index (χ4n) is 3.05. The van der Waals surface area contributed by atoms with Gasteiger partial charge in [0.2, 0.25) is 0 Å². The van der Waals surface area contributed by atoms with Crippen LogP contribution in [0.15, 0.2) is 78.5 Å². The molecule has 0 aliphatic rings. The zero-order valence-electron chi connectivity index (χ0n) is 15.7. The van der Waals surface area contributed by atoms with Crippen molar-refractivity contribution in [2.45, 2.75) is 0 Å². The van der Waals surface area contributed by atoms with Gasteiger partial charge in [-0.15, -0.1) is 0 Å². The highest BCUT2D eigenvalue weighted by Gasteiger charge is 2.12. The Balaban J connectivity index is 1.77. The Kier molecular flexibility index (Phi) is 5.10. The van der Waals surface area contributed by atoms with Crippen LogP contribution in [0.25, 0.3) is 22.3 Å². The predicted octanol–water partition coefficient (Wildman–Crippen LogP) is 4.38. The number of nitrogens with zero attached hydrogens (tertiary/aromatic N) is 3. The van der Waals surface area contributed by atoms with Gasteiger partial charge in [0.05, 0.1) is 12.8 Å². The molecular weight excluding hydrogens is 390 g/mol. The number of aromatic nitrogens is 3. The molecule has 2 heterocycles. The molecule has 0 aliphatic heterocycles. The minimum absolute atomic E-state index is 0.193. The lowest BCUT2D eigenvalue weighted by Gasteiger charge is -2.12. The molecule has 0 saturated heterocycles. The topological polar surface area (TPSA) is 57.8 Å². The molecule has 0 aliphatic carbocycles. The van der Waals surface area contributed by atoms with Gasteiger partial charge in [-0.1, -0.05) is 36.4 Å². The number of hydrogen-bond acceptors (Lipinski definition) is 4. The summed E-state index contributed by atoms with van der Waals surface area (Å²) in [5.74, 6) is 1.10. The molecule has 0 saturated carbocycles. The van der Waals surface area contributed by atoms with E-state index in [0.717, 1.165) is 11.1 Å². The maximum absolute atomic E-state index is 13.1. The number of benzene rings is 2. The molecule has 7 heteroatoms. The molecule has 0 unspecified atom stereocenters. The van der Waals surface area contributed by atoms with E-state index in [2.05, 4.69) is 11.7 Å². The lowest BCUT2D eigenvalue weighted by Crippen LogP contribution is -2.21. The molecule has 146 valence electrons. The Labute approximate surface area is 172 Å². The quantitative estimate of drug-likeness (QED) is 0.445. The van der Waals surface area contributed by atoms with E-state index in [1.54, 1.807) is 35.9 Å². The zero-order chi connectivity index (χ0) is 20.4. The zero-order valence-corrected chi connectivity index (χ0v) is 16.5. The van der Waals surface area contributed by atoms with Crippen LogP contribution in [-0.2, 0) is 0 Å². The van der Waals surface area contributed by atoms with Crippen molar-refractivity contribution in [2.75, 3.05) is 13.7 Å². The van der Waals surface area contributed by atoms with E-state index >= 15 is 0 Å². The van der Waals surface area contributed by atoms with E-state index in [1.165, 1.54) is 10.9 Å². The summed E-state index contributed by atoms with van der Waals surface area (Å²) in [5, 5.41) is 5.04. The Bertz CT molecular complexity index is 1240. The van der Waals surface area contributed by atoms with Gasteiger partial charge in [0.15, 0.2) is 11.5 Å². The van der Waals surface area contributed by atoms with Crippen LogP contribution in [0.3, 0.4) is 0 Å². The van der Waals surface area contributed by atoms with Crippen molar-refractivity contribution < 1.29 is 9.47 Å². The lowest BCUT2D eigenvalue weighted by molar-refractivity contribution is 0.326. The molecule has 0 amide bonds. The average Bonchev–Trinajstić information content (AvgIpc) is 3.18. The molecule has 4 rings (SSSR count). The summed E-state index contributed by atoms with van der Waals surface area (Å²) in [6.45, 7) is 4.00. The van der Waals surface area contributed by atoms with Gasteiger partial charge < -0.3 is 9.47 Å². The monoisotopic (exact) mass is 407 g/mol. The number of halogens is 1. The SMILES string of the molecule is C=CCOc1ccc(-n2cnn3cc(-c4ccc(Cl)cc4)cc3c2=O)cc1OC. The summed E-state index contributed by atoms with van der Waals surface area (Å²) >= 11 is 5.96. The van der Waals surface area contributed by atoms with Crippen LogP contribution in [0.4, 0.5) is 0 Å². The van der Waals surface area contributed by atoms with E-state index in [4.69, 9.17) is 21.1 Å². The molecule has 0 N–H and O–H groups in total. The summed E-state index contributed by atoms with van der Waals surface area (Å²) < 4.78 is 14.0. The van der Waals surface area contributed by atoms with Crippen molar-refractivity contribution in [3.63, 3.8) is 0 Å². The van der Waals surface area contributed by atoms with Gasteiger partial charge in [-0.3, -0.25) is 9.36 Å². The highest BCUT2D eigenvalue weighted by Crippen LogP contribution is 2.29. The fraction of sp³-hybridized carbons (Fsp3) is 0.0909. The predicted molar refractivity (Wildman–Crippen MR) is 113 cm³/mol. The van der Waals surface area contributed by atoms with Crippen molar-refractivity contribution in [1.29, 1.82) is 0 Å². The molecule has 4 aromatic rings. The Morgan fingerprint density at radius 3 is 2.62 bits per heavy atom. The maximum atomic E-state index is 13.1. The van der Waals surface area contributed by atoms with Gasteiger partial charge in [0.25, 0.3) is 5.56 Å². The molecule has 0 spiro atoms. The highest BCUT2D eigenvalue weighted by molar-refractivity contribution is 6.30. The van der Waals surface area contributed by atoms with Crippen molar-refractivity contribution >= 4 is 17.1 Å². The third kappa shape index (κ3) is 3.62. The Morgan fingerprint density at radius 2 is 1.90 bits per heavy atom. The first-order valence-electron chi connectivity index (χ1n) is 8.89. The van der Waals surface area contributed by atoms with E-state index in [1.807, 2.05) is 36.5 Å². The molecule has 6 nitrogen and oxygen atoms in total. The summed E-state index contributed by atoms with van der Waals surface area (Å²) in [6, 6.07) is 14.5. The molecule has 0 atom stereocenters. The first kappa shape index (κ1) is 18.8. The third-order valence-corrected chi connectivity index (χ3v) is 4.74. The van der Waals surface area contributed by atoms with Crippen molar-refractivity contribution in [2.24, 2.45) is 0 Å². The van der Waals surface area contributed by atoms with Gasteiger partial charge >= 0.3 is 0 Å². The van der Waals surface area contributed by atoms with Crippen LogP contribution < -0.4 is 15.0 Å². The van der Waals surface area contributed by atoms with Gasteiger partial charge in [0.1, 0.15) is 18.5 Å². The largest absolute Gasteiger partial charge is 0.493 e. The Hall–Kier alpha value is -3.51. The van der Waals surface area contributed by atoms with Crippen molar-refractivity contribution in [3.05, 3.63) is 89.1 Å². The normalized spacial score (nSPS) is 10.8. The molecule has 0 radical (unpaired) electrons. The van der Waals surface area contributed by atoms with Gasteiger partial charge in [-0.25, -0.2) is 4.52 Å². The number of fused-ring (bicyclic) bond motifs is 1. The van der Waals surface area contributed by atoms with E-state index < -0.39 is 0 Å². The van der Waals surface area contributed by atoms with Crippen LogP contribution >= 0.6 is 11.6 Å². The van der Waals surface area contributed by atoms with Crippen LogP contribution in [0.2, 0.25) is 5.02 Å². The van der Waals surface area contributed by atoms with Crippen LogP contribution in [0.1, 0.15) is 0 Å². The van der Waals surface area contributed by atoms with Crippen molar-refractivity contribution in [3.8, 4) is 28.3 Å². The van der Waals surface area contributed by atoms with E-state index in [0.29, 0.717) is 34.3 Å². The minimum atomic E-state index is -0.193. The molecule has 29 heavy (non-hydrogen) atoms. The first-order chi connectivity index (χ1) is 14.1. The molecule has 2 aromatic carbocycles. The highest BCUT2D eigenvalue weighted by atomic mass is 35.5. The number of rotatable bonds is 6. The van der Waals surface area contributed by atoms with Crippen LogP contribution in [-0.4, -0.2) is 27.9 Å². The van der Waals surface area contributed by atoms with Crippen molar-refractivity contribution in [1.82, 2.24) is 14.2 Å². The lowest BCUT2D eigenvalue weighted by atomic mass is 10.1. The second-order valence-corrected chi connectivity index (χ2v) is 6.74. The summed E-state index contributed by atoms with van der Waals surface area (Å²) in [7, 11) is 1.55. The summed E-state index contributed by atoms with van der Waals surface area (Å²) in [4.78, 5) is 13.1. The third-order valence-electron chi connectivity index (χ3n) is 4.49. The number of hydrogen-bond donors (Lipinski definition) is 0. The van der Waals surface area contributed by atoms with Gasteiger partial charge in [0, 0.05) is 22.8 Å².